The average Bonchev–Trinajstić information content (AvgIpc) is 2.92. The van der Waals surface area contributed by atoms with E-state index in [0.29, 0.717) is 0 Å². The van der Waals surface area contributed by atoms with E-state index >= 15 is 0 Å². The topological polar surface area (TPSA) is 304 Å². The van der Waals surface area contributed by atoms with E-state index in [0.717, 1.165) is 0 Å². The molecule has 4 aliphatic heterocycles. The summed E-state index contributed by atoms with van der Waals surface area (Å²) >= 11 is 0. The number of aliphatic carboxylic acids is 1. The second-order valence-corrected chi connectivity index (χ2v) is 9.83. The SMILES string of the molecule is O=C(O)[C@H]1O[C@H](O[C@H]2[C@H](O[C@@H]3CO[C@@H](O[C@@H]4CO[C@@H](O)[C@H](O)[C@H]4O)[C@H](O)[C@H]3O)OC[C@@H](O)[C@@H]2O)[C@H](O)[C@@H](O)[C@@H]1O. The number of carboxylic acid groups (broad SMARTS) is 1. The Morgan fingerprint density at radius 2 is 1.10 bits per heavy atom. The first kappa shape index (κ1) is 31.7. The maximum atomic E-state index is 11.4. The molecular weight excluding hydrogens is 556 g/mol. The van der Waals surface area contributed by atoms with E-state index < -0.39 is 124 Å². The number of ether oxygens (including phenoxy) is 7. The van der Waals surface area contributed by atoms with E-state index in [1.54, 1.807) is 0 Å². The fourth-order valence-corrected chi connectivity index (χ4v) is 4.60. The molecule has 0 aromatic carbocycles. The zero-order valence-electron chi connectivity index (χ0n) is 20.6. The Morgan fingerprint density at radius 1 is 0.550 bits per heavy atom. The average molecular weight is 590 g/mol. The number of hydrogen-bond acceptors (Lipinski definition) is 18. The highest BCUT2D eigenvalue weighted by Gasteiger charge is 2.52. The molecule has 4 saturated heterocycles. The highest BCUT2D eigenvalue weighted by molar-refractivity contribution is 5.73. The molecule has 17 atom stereocenters. The van der Waals surface area contributed by atoms with Crippen LogP contribution in [-0.4, -0.2) is 186 Å². The van der Waals surface area contributed by atoms with Gasteiger partial charge >= 0.3 is 5.97 Å². The Bertz CT molecular complexity index is 849. The Balaban J connectivity index is 1.40. The second-order valence-electron chi connectivity index (χ2n) is 9.83. The van der Waals surface area contributed by atoms with Gasteiger partial charge in [0.15, 0.2) is 31.3 Å². The van der Waals surface area contributed by atoms with E-state index in [1.807, 2.05) is 0 Å². The van der Waals surface area contributed by atoms with Gasteiger partial charge in [0.05, 0.1) is 19.8 Å². The van der Waals surface area contributed by atoms with Crippen LogP contribution in [0.15, 0.2) is 0 Å². The fraction of sp³-hybridized carbons (Fsp3) is 0.952. The van der Waals surface area contributed by atoms with Crippen LogP contribution in [0.25, 0.3) is 0 Å². The highest BCUT2D eigenvalue weighted by atomic mass is 16.8. The van der Waals surface area contributed by atoms with E-state index in [9.17, 15) is 61.0 Å². The van der Waals surface area contributed by atoms with Crippen LogP contribution in [0.1, 0.15) is 0 Å². The third-order valence-electron chi connectivity index (χ3n) is 7.04. The molecule has 0 bridgehead atoms. The molecule has 4 aliphatic rings. The summed E-state index contributed by atoms with van der Waals surface area (Å²) in [4.78, 5) is 11.4. The Kier molecular flexibility index (Phi) is 10.3. The largest absolute Gasteiger partial charge is 0.479 e. The first-order valence-corrected chi connectivity index (χ1v) is 12.3. The zero-order valence-corrected chi connectivity index (χ0v) is 20.6. The summed E-state index contributed by atoms with van der Waals surface area (Å²) in [5.74, 6) is -1.69. The molecular formula is C21H34O19. The smallest absolute Gasteiger partial charge is 0.335 e. The van der Waals surface area contributed by atoms with Crippen molar-refractivity contribution in [2.24, 2.45) is 0 Å². The van der Waals surface area contributed by atoms with E-state index in [4.69, 9.17) is 33.2 Å². The molecule has 0 radical (unpaired) electrons. The molecule has 19 heteroatoms. The molecule has 4 heterocycles. The van der Waals surface area contributed by atoms with E-state index in [1.165, 1.54) is 0 Å². The summed E-state index contributed by atoms with van der Waals surface area (Å²) in [6, 6.07) is 0. The van der Waals surface area contributed by atoms with Crippen LogP contribution in [-0.2, 0) is 38.0 Å². The van der Waals surface area contributed by atoms with Gasteiger partial charge in [0.25, 0.3) is 0 Å². The fourth-order valence-electron chi connectivity index (χ4n) is 4.60. The molecule has 4 rings (SSSR count). The lowest BCUT2D eigenvalue weighted by Gasteiger charge is -2.45. The summed E-state index contributed by atoms with van der Waals surface area (Å²) in [6.07, 6.45) is -29.4. The molecule has 0 saturated carbocycles. The number of carboxylic acids is 1. The van der Waals surface area contributed by atoms with Crippen LogP contribution in [0.5, 0.6) is 0 Å². The predicted molar refractivity (Wildman–Crippen MR) is 116 cm³/mol. The minimum atomic E-state index is -2.02. The molecule has 19 nitrogen and oxygen atoms in total. The van der Waals surface area contributed by atoms with Gasteiger partial charge in [-0.1, -0.05) is 0 Å². The lowest BCUT2D eigenvalue weighted by atomic mass is 9.98. The summed E-state index contributed by atoms with van der Waals surface area (Å²) in [5, 5.41) is 110. The Labute approximate surface area is 225 Å². The molecule has 0 aliphatic carbocycles. The molecule has 4 fully saturated rings. The van der Waals surface area contributed by atoms with Gasteiger partial charge in [-0.2, -0.15) is 0 Å². The second kappa shape index (κ2) is 13.0. The van der Waals surface area contributed by atoms with Gasteiger partial charge in [-0.25, -0.2) is 4.79 Å². The number of carbonyl (C=O) groups is 1. The molecule has 0 amide bonds. The number of rotatable bonds is 7. The van der Waals surface area contributed by atoms with Crippen LogP contribution in [0.3, 0.4) is 0 Å². The van der Waals surface area contributed by atoms with Gasteiger partial charge in [-0.05, 0) is 0 Å². The van der Waals surface area contributed by atoms with Crippen molar-refractivity contribution in [1.82, 2.24) is 0 Å². The van der Waals surface area contributed by atoms with Crippen LogP contribution in [0, 0.1) is 0 Å². The third kappa shape index (κ3) is 6.40. The first-order valence-electron chi connectivity index (χ1n) is 12.3. The zero-order chi connectivity index (χ0) is 29.5. The van der Waals surface area contributed by atoms with Crippen molar-refractivity contribution in [3.05, 3.63) is 0 Å². The molecule has 0 spiro atoms. The molecule has 232 valence electrons. The Hall–Kier alpha value is -1.21. The van der Waals surface area contributed by atoms with Gasteiger partial charge in [0.1, 0.15) is 73.2 Å². The molecule has 0 aromatic heterocycles. The van der Waals surface area contributed by atoms with Crippen molar-refractivity contribution in [3.63, 3.8) is 0 Å². The molecule has 0 aromatic rings. The normalized spacial score (nSPS) is 52.3. The van der Waals surface area contributed by atoms with E-state index in [-0.39, 0.29) is 6.61 Å². The standard InChI is InChI=1S/C21H34O19/c22-4-1-35-21(16(7(4)23)40-20-14(30)10(26)11(27)15(39-20)17(31)32)38-6-3-36-19(13(29)9(6)25)37-5-2-34-18(33)12(28)8(5)24/h4-16,18-30,33H,1-3H2,(H,31,32)/t4-,5-,6-,7+,8+,9+,10+,11+,12-,13-,14-,15+,16-,18-,19+,20-,21+/m1/s1. The van der Waals surface area contributed by atoms with Crippen molar-refractivity contribution in [3.8, 4) is 0 Å². The van der Waals surface area contributed by atoms with Gasteiger partial charge in [0, 0.05) is 0 Å². The van der Waals surface area contributed by atoms with Crippen molar-refractivity contribution < 1.29 is 94.1 Å². The monoisotopic (exact) mass is 590 g/mol. The lowest BCUT2D eigenvalue weighted by Crippen LogP contribution is -2.64. The van der Waals surface area contributed by atoms with Crippen molar-refractivity contribution in [2.45, 2.75) is 105 Å². The lowest BCUT2D eigenvalue weighted by molar-refractivity contribution is -0.372. The Morgan fingerprint density at radius 3 is 1.75 bits per heavy atom. The number of aliphatic hydroxyl groups is 10. The first-order chi connectivity index (χ1) is 18.8. The van der Waals surface area contributed by atoms with Crippen molar-refractivity contribution in [1.29, 1.82) is 0 Å². The van der Waals surface area contributed by atoms with Gasteiger partial charge in [0.2, 0.25) is 0 Å². The summed E-state index contributed by atoms with van der Waals surface area (Å²) in [5.41, 5.74) is 0. The summed E-state index contributed by atoms with van der Waals surface area (Å²) in [6.45, 7) is -1.34. The highest BCUT2D eigenvalue weighted by Crippen LogP contribution is 2.30. The maximum Gasteiger partial charge on any atom is 0.335 e. The van der Waals surface area contributed by atoms with Crippen LogP contribution in [0.4, 0.5) is 0 Å². The predicted octanol–water partition coefficient (Wildman–Crippen LogP) is -7.74. The molecule has 11 N–H and O–H groups in total. The summed E-state index contributed by atoms with van der Waals surface area (Å²) in [7, 11) is 0. The molecule has 0 unspecified atom stereocenters. The molecule has 40 heavy (non-hydrogen) atoms. The quantitative estimate of drug-likeness (QED) is 0.131. The van der Waals surface area contributed by atoms with Gasteiger partial charge in [-0.3, -0.25) is 0 Å². The van der Waals surface area contributed by atoms with Crippen LogP contribution >= 0.6 is 0 Å². The van der Waals surface area contributed by atoms with Crippen LogP contribution in [0.2, 0.25) is 0 Å². The van der Waals surface area contributed by atoms with Crippen LogP contribution < -0.4 is 0 Å². The minimum Gasteiger partial charge on any atom is -0.479 e. The summed E-state index contributed by atoms with van der Waals surface area (Å²) < 4.78 is 37.1. The van der Waals surface area contributed by atoms with Crippen molar-refractivity contribution >= 4 is 5.97 Å². The number of aliphatic hydroxyl groups excluding tert-OH is 10. The van der Waals surface area contributed by atoms with Gasteiger partial charge in [-0.15, -0.1) is 0 Å². The van der Waals surface area contributed by atoms with E-state index in [2.05, 4.69) is 0 Å². The number of hydrogen-bond donors (Lipinski definition) is 11. The van der Waals surface area contributed by atoms with Gasteiger partial charge < -0.3 is 89.3 Å². The maximum absolute atomic E-state index is 11.4. The van der Waals surface area contributed by atoms with Crippen molar-refractivity contribution in [2.75, 3.05) is 19.8 Å². The third-order valence-corrected chi connectivity index (χ3v) is 7.04. The minimum absolute atomic E-state index is 0.374.